The molecule has 0 spiro atoms. The molecule has 0 saturated carbocycles. The first-order valence-electron chi connectivity index (χ1n) is 5.09. The lowest BCUT2D eigenvalue weighted by molar-refractivity contribution is -0.122. The molecule has 0 radical (unpaired) electrons. The standard InChI is InChI=1S/C11H13N3O2/c1-3-14-10(15)9(12-11(14)16)7-8-5-4-6-13(8)2/h4-7H,3H2,1-2H3,(H,12,16)/b9-7+. The third-order valence-corrected chi connectivity index (χ3v) is 2.55. The molecule has 5 heteroatoms. The first-order valence-corrected chi connectivity index (χ1v) is 5.09. The van der Waals surface area contributed by atoms with Crippen molar-refractivity contribution >= 4 is 18.0 Å². The maximum Gasteiger partial charge on any atom is 0.328 e. The molecule has 84 valence electrons. The lowest BCUT2D eigenvalue weighted by atomic mass is 10.3. The van der Waals surface area contributed by atoms with E-state index in [9.17, 15) is 9.59 Å². The average molecular weight is 219 g/mol. The minimum absolute atomic E-state index is 0.270. The van der Waals surface area contributed by atoms with E-state index in [4.69, 9.17) is 0 Å². The summed E-state index contributed by atoms with van der Waals surface area (Å²) in [6.07, 6.45) is 3.56. The number of aromatic nitrogens is 1. The predicted octanol–water partition coefficient (Wildman–Crippen LogP) is 0.938. The van der Waals surface area contributed by atoms with Gasteiger partial charge in [-0.1, -0.05) is 0 Å². The number of aryl methyl sites for hydroxylation is 1. The zero-order valence-corrected chi connectivity index (χ0v) is 9.23. The Balaban J connectivity index is 2.31. The number of likely N-dealkylation sites (N-methyl/N-ethyl adjacent to an activating group) is 1. The van der Waals surface area contributed by atoms with Crippen molar-refractivity contribution in [2.75, 3.05) is 6.54 Å². The Kier molecular flexibility index (Phi) is 2.52. The summed E-state index contributed by atoms with van der Waals surface area (Å²) in [5.74, 6) is -0.270. The molecule has 3 amide bonds. The van der Waals surface area contributed by atoms with Crippen LogP contribution in [0.4, 0.5) is 4.79 Å². The van der Waals surface area contributed by atoms with E-state index in [1.807, 2.05) is 29.9 Å². The normalized spacial score (nSPS) is 18.4. The molecule has 0 aliphatic carbocycles. The predicted molar refractivity (Wildman–Crippen MR) is 59.3 cm³/mol. The molecule has 0 unspecified atom stereocenters. The molecule has 1 aliphatic rings. The van der Waals surface area contributed by atoms with E-state index in [0.717, 1.165) is 5.69 Å². The van der Waals surface area contributed by atoms with Gasteiger partial charge in [-0.25, -0.2) is 4.79 Å². The largest absolute Gasteiger partial charge is 0.351 e. The Morgan fingerprint density at radius 2 is 2.19 bits per heavy atom. The van der Waals surface area contributed by atoms with Gasteiger partial charge in [-0.2, -0.15) is 0 Å². The summed E-state index contributed by atoms with van der Waals surface area (Å²) in [6, 6.07) is 3.40. The van der Waals surface area contributed by atoms with Gasteiger partial charge in [0.05, 0.1) is 0 Å². The van der Waals surface area contributed by atoms with Gasteiger partial charge in [0.15, 0.2) is 0 Å². The maximum atomic E-state index is 11.7. The van der Waals surface area contributed by atoms with Crippen molar-refractivity contribution < 1.29 is 9.59 Å². The van der Waals surface area contributed by atoms with Crippen LogP contribution < -0.4 is 5.32 Å². The number of amides is 3. The summed E-state index contributed by atoms with van der Waals surface area (Å²) < 4.78 is 1.88. The van der Waals surface area contributed by atoms with E-state index in [2.05, 4.69) is 5.32 Å². The molecule has 1 aromatic rings. The molecule has 1 fully saturated rings. The first-order chi connectivity index (χ1) is 7.63. The highest BCUT2D eigenvalue weighted by molar-refractivity contribution is 6.13. The molecule has 1 aromatic heterocycles. The molecule has 1 N–H and O–H groups in total. The van der Waals surface area contributed by atoms with Crippen LogP contribution in [0.15, 0.2) is 24.0 Å². The summed E-state index contributed by atoms with van der Waals surface area (Å²) in [4.78, 5) is 24.3. The number of carbonyl (C=O) groups excluding carboxylic acids is 2. The van der Waals surface area contributed by atoms with Crippen molar-refractivity contribution in [3.05, 3.63) is 29.7 Å². The number of imide groups is 1. The summed E-state index contributed by atoms with van der Waals surface area (Å²) in [5, 5.41) is 2.56. The van der Waals surface area contributed by atoms with Crippen LogP contribution in [0.5, 0.6) is 0 Å². The smallest absolute Gasteiger partial charge is 0.328 e. The second-order valence-electron chi connectivity index (χ2n) is 3.58. The van der Waals surface area contributed by atoms with Crippen LogP contribution in [-0.2, 0) is 11.8 Å². The van der Waals surface area contributed by atoms with Crippen LogP contribution in [0, 0.1) is 0 Å². The van der Waals surface area contributed by atoms with E-state index in [0.29, 0.717) is 12.2 Å². The van der Waals surface area contributed by atoms with Gasteiger partial charge in [0.1, 0.15) is 5.70 Å². The molecular weight excluding hydrogens is 206 g/mol. The van der Waals surface area contributed by atoms with Crippen LogP contribution >= 0.6 is 0 Å². The van der Waals surface area contributed by atoms with Crippen molar-refractivity contribution in [1.82, 2.24) is 14.8 Å². The van der Waals surface area contributed by atoms with E-state index < -0.39 is 0 Å². The highest BCUT2D eigenvalue weighted by Crippen LogP contribution is 2.13. The quantitative estimate of drug-likeness (QED) is 0.594. The Hall–Kier alpha value is -2.04. The third kappa shape index (κ3) is 1.60. The molecule has 2 heterocycles. The van der Waals surface area contributed by atoms with Gasteiger partial charge in [0, 0.05) is 25.5 Å². The topological polar surface area (TPSA) is 54.3 Å². The summed E-state index contributed by atoms with van der Waals surface area (Å²) in [6.45, 7) is 2.15. The number of rotatable bonds is 2. The van der Waals surface area contributed by atoms with Crippen LogP contribution in [0.2, 0.25) is 0 Å². The molecule has 16 heavy (non-hydrogen) atoms. The van der Waals surface area contributed by atoms with Gasteiger partial charge < -0.3 is 9.88 Å². The number of hydrogen-bond donors (Lipinski definition) is 1. The van der Waals surface area contributed by atoms with Crippen LogP contribution in [0.3, 0.4) is 0 Å². The average Bonchev–Trinajstić information content (AvgIpc) is 2.74. The molecular formula is C11H13N3O2. The molecule has 0 aromatic carbocycles. The number of carbonyl (C=O) groups is 2. The van der Waals surface area contributed by atoms with Gasteiger partial charge in [-0.3, -0.25) is 9.69 Å². The van der Waals surface area contributed by atoms with E-state index in [-0.39, 0.29) is 11.9 Å². The second kappa shape index (κ2) is 3.84. The first kappa shape index (κ1) is 10.5. The van der Waals surface area contributed by atoms with Crippen molar-refractivity contribution in [3.63, 3.8) is 0 Å². The maximum absolute atomic E-state index is 11.7. The van der Waals surface area contributed by atoms with Gasteiger partial charge >= 0.3 is 6.03 Å². The summed E-state index contributed by atoms with van der Waals surface area (Å²) in [5.41, 5.74) is 1.20. The lowest BCUT2D eigenvalue weighted by Gasteiger charge is -2.06. The van der Waals surface area contributed by atoms with E-state index in [1.165, 1.54) is 4.90 Å². The molecule has 0 atom stereocenters. The van der Waals surface area contributed by atoms with Gasteiger partial charge in [-0.15, -0.1) is 0 Å². The van der Waals surface area contributed by atoms with Crippen LogP contribution in [0.25, 0.3) is 6.08 Å². The Morgan fingerprint density at radius 3 is 2.69 bits per heavy atom. The van der Waals surface area contributed by atoms with Crippen molar-refractivity contribution in [3.8, 4) is 0 Å². The molecule has 1 aliphatic heterocycles. The Bertz CT molecular complexity index is 473. The SMILES string of the molecule is CCN1C(=O)N/C(=C/c2cccn2C)C1=O. The highest BCUT2D eigenvalue weighted by Gasteiger charge is 2.32. The molecule has 2 rings (SSSR count). The highest BCUT2D eigenvalue weighted by atomic mass is 16.2. The van der Waals surface area contributed by atoms with E-state index in [1.54, 1.807) is 13.0 Å². The monoisotopic (exact) mass is 219 g/mol. The lowest BCUT2D eigenvalue weighted by Crippen LogP contribution is -2.30. The zero-order valence-electron chi connectivity index (χ0n) is 9.23. The van der Waals surface area contributed by atoms with Gasteiger partial charge in [0.2, 0.25) is 0 Å². The van der Waals surface area contributed by atoms with Gasteiger partial charge in [-0.05, 0) is 25.1 Å². The van der Waals surface area contributed by atoms with Gasteiger partial charge in [0.25, 0.3) is 5.91 Å². The molecule has 5 nitrogen and oxygen atoms in total. The van der Waals surface area contributed by atoms with Crippen molar-refractivity contribution in [2.45, 2.75) is 6.92 Å². The third-order valence-electron chi connectivity index (χ3n) is 2.55. The van der Waals surface area contributed by atoms with Crippen molar-refractivity contribution in [2.24, 2.45) is 7.05 Å². The number of urea groups is 1. The fourth-order valence-electron chi connectivity index (χ4n) is 1.63. The second-order valence-corrected chi connectivity index (χ2v) is 3.58. The van der Waals surface area contributed by atoms with Crippen molar-refractivity contribution in [1.29, 1.82) is 0 Å². The van der Waals surface area contributed by atoms with Crippen LogP contribution in [0.1, 0.15) is 12.6 Å². The van der Waals surface area contributed by atoms with Crippen LogP contribution in [-0.4, -0.2) is 28.0 Å². The summed E-state index contributed by atoms with van der Waals surface area (Å²) >= 11 is 0. The fourth-order valence-corrected chi connectivity index (χ4v) is 1.63. The minimum Gasteiger partial charge on any atom is -0.351 e. The Morgan fingerprint density at radius 1 is 1.44 bits per heavy atom. The minimum atomic E-state index is -0.354. The van der Waals surface area contributed by atoms with E-state index >= 15 is 0 Å². The zero-order chi connectivity index (χ0) is 11.7. The Labute approximate surface area is 93.3 Å². The fraction of sp³-hybridized carbons (Fsp3) is 0.273. The number of hydrogen-bond acceptors (Lipinski definition) is 2. The molecule has 1 saturated heterocycles. The molecule has 0 bridgehead atoms. The summed E-state index contributed by atoms with van der Waals surface area (Å²) in [7, 11) is 1.88. The number of nitrogens with one attached hydrogen (secondary N) is 1. The number of nitrogens with zero attached hydrogens (tertiary/aromatic N) is 2.